The molecular weight excluding hydrogens is 361 g/mol. The summed E-state index contributed by atoms with van der Waals surface area (Å²) in [4.78, 5) is 9.28. The Morgan fingerprint density at radius 3 is 2.40 bits per heavy atom. The maximum atomic E-state index is 4.67. The predicted octanol–water partition coefficient (Wildman–Crippen LogP) is 4.44. The van der Waals surface area contributed by atoms with Gasteiger partial charge in [-0.15, -0.1) is 0 Å². The zero-order valence-corrected chi connectivity index (χ0v) is 14.4. The van der Waals surface area contributed by atoms with Crippen molar-refractivity contribution >= 4 is 28.4 Å². The van der Waals surface area contributed by atoms with E-state index in [4.69, 9.17) is 0 Å². The first-order valence-corrected chi connectivity index (χ1v) is 8.10. The molecular formula is C16H20IN3. The molecule has 0 aliphatic rings. The van der Waals surface area contributed by atoms with Gasteiger partial charge in [-0.3, -0.25) is 0 Å². The van der Waals surface area contributed by atoms with Gasteiger partial charge in [-0.2, -0.15) is 0 Å². The van der Waals surface area contributed by atoms with Crippen LogP contribution in [0.2, 0.25) is 0 Å². The van der Waals surface area contributed by atoms with E-state index in [1.54, 1.807) is 0 Å². The molecule has 1 heterocycles. The standard InChI is InChI=1S/C16H20IN3/c1-4-10-18-16-14(17)11(3)19-15(20-16)13-8-6-12(5-2)7-9-13/h6-9H,4-5,10H2,1-3H3,(H,18,19,20). The van der Waals surface area contributed by atoms with E-state index in [0.717, 1.165) is 45.9 Å². The molecule has 0 aliphatic carbocycles. The minimum absolute atomic E-state index is 0.796. The maximum Gasteiger partial charge on any atom is 0.161 e. The molecule has 0 bridgehead atoms. The van der Waals surface area contributed by atoms with E-state index in [1.807, 2.05) is 6.92 Å². The van der Waals surface area contributed by atoms with Crippen molar-refractivity contribution in [2.24, 2.45) is 0 Å². The lowest BCUT2D eigenvalue weighted by molar-refractivity contribution is 0.958. The molecule has 0 fully saturated rings. The number of hydrogen-bond acceptors (Lipinski definition) is 3. The number of aromatic nitrogens is 2. The molecule has 106 valence electrons. The zero-order chi connectivity index (χ0) is 14.5. The Bertz CT molecular complexity index is 579. The van der Waals surface area contributed by atoms with Crippen LogP contribution in [0.3, 0.4) is 0 Å². The fourth-order valence-corrected chi connectivity index (χ4v) is 2.37. The van der Waals surface area contributed by atoms with Crippen LogP contribution in [-0.4, -0.2) is 16.5 Å². The molecule has 4 heteroatoms. The quantitative estimate of drug-likeness (QED) is 0.779. The summed E-state index contributed by atoms with van der Waals surface area (Å²) in [6, 6.07) is 8.49. The monoisotopic (exact) mass is 381 g/mol. The Morgan fingerprint density at radius 1 is 1.10 bits per heavy atom. The van der Waals surface area contributed by atoms with Gasteiger partial charge in [0.2, 0.25) is 0 Å². The minimum Gasteiger partial charge on any atom is -0.369 e. The van der Waals surface area contributed by atoms with Crippen LogP contribution in [0.1, 0.15) is 31.5 Å². The van der Waals surface area contributed by atoms with E-state index in [1.165, 1.54) is 5.56 Å². The fraction of sp³-hybridized carbons (Fsp3) is 0.375. The number of nitrogens with one attached hydrogen (secondary N) is 1. The second-order valence-electron chi connectivity index (χ2n) is 4.77. The molecule has 0 radical (unpaired) electrons. The van der Waals surface area contributed by atoms with E-state index in [0.29, 0.717) is 0 Å². The lowest BCUT2D eigenvalue weighted by Crippen LogP contribution is -2.07. The van der Waals surface area contributed by atoms with E-state index in [-0.39, 0.29) is 0 Å². The zero-order valence-electron chi connectivity index (χ0n) is 12.2. The molecule has 0 saturated carbocycles. The average molecular weight is 381 g/mol. The molecule has 3 nitrogen and oxygen atoms in total. The highest BCUT2D eigenvalue weighted by Crippen LogP contribution is 2.24. The molecule has 0 saturated heterocycles. The number of hydrogen-bond donors (Lipinski definition) is 1. The fourth-order valence-electron chi connectivity index (χ4n) is 1.94. The minimum atomic E-state index is 0.796. The molecule has 20 heavy (non-hydrogen) atoms. The normalized spacial score (nSPS) is 10.6. The lowest BCUT2D eigenvalue weighted by atomic mass is 10.1. The second-order valence-corrected chi connectivity index (χ2v) is 5.85. The van der Waals surface area contributed by atoms with Gasteiger partial charge in [-0.05, 0) is 47.9 Å². The van der Waals surface area contributed by atoms with Crippen molar-refractivity contribution in [1.82, 2.24) is 9.97 Å². The van der Waals surface area contributed by atoms with Crippen LogP contribution < -0.4 is 5.32 Å². The number of anilines is 1. The first-order valence-electron chi connectivity index (χ1n) is 7.03. The maximum absolute atomic E-state index is 4.67. The third kappa shape index (κ3) is 3.48. The van der Waals surface area contributed by atoms with Crippen LogP contribution in [0.5, 0.6) is 0 Å². The Hall–Kier alpha value is -1.17. The smallest absolute Gasteiger partial charge is 0.161 e. The van der Waals surface area contributed by atoms with Crippen molar-refractivity contribution in [3.8, 4) is 11.4 Å². The van der Waals surface area contributed by atoms with Gasteiger partial charge in [-0.1, -0.05) is 38.1 Å². The summed E-state index contributed by atoms with van der Waals surface area (Å²) in [5.74, 6) is 1.73. The van der Waals surface area contributed by atoms with Gasteiger partial charge in [0.15, 0.2) is 5.82 Å². The molecule has 0 amide bonds. The summed E-state index contributed by atoms with van der Waals surface area (Å²) in [5.41, 5.74) is 3.43. The van der Waals surface area contributed by atoms with Gasteiger partial charge in [-0.25, -0.2) is 9.97 Å². The van der Waals surface area contributed by atoms with Crippen LogP contribution in [-0.2, 0) is 6.42 Å². The Morgan fingerprint density at radius 2 is 1.80 bits per heavy atom. The summed E-state index contributed by atoms with van der Waals surface area (Å²) >= 11 is 2.30. The number of halogens is 1. The SMILES string of the molecule is CCCNc1nc(-c2ccc(CC)cc2)nc(C)c1I. The molecule has 1 aromatic carbocycles. The van der Waals surface area contributed by atoms with E-state index >= 15 is 0 Å². The third-order valence-corrected chi connectivity index (χ3v) is 4.47. The van der Waals surface area contributed by atoms with Gasteiger partial charge >= 0.3 is 0 Å². The predicted molar refractivity (Wildman–Crippen MR) is 93.1 cm³/mol. The Balaban J connectivity index is 2.37. The van der Waals surface area contributed by atoms with Gasteiger partial charge in [0.1, 0.15) is 5.82 Å². The van der Waals surface area contributed by atoms with Crippen molar-refractivity contribution in [2.45, 2.75) is 33.6 Å². The molecule has 0 atom stereocenters. The Kier molecular flexibility index (Phi) is 5.34. The molecule has 0 spiro atoms. The summed E-state index contributed by atoms with van der Waals surface area (Å²) in [6.07, 6.45) is 2.13. The van der Waals surface area contributed by atoms with Crippen LogP contribution in [0, 0.1) is 10.5 Å². The molecule has 1 N–H and O–H groups in total. The third-order valence-electron chi connectivity index (χ3n) is 3.18. The van der Waals surface area contributed by atoms with Crippen molar-refractivity contribution in [3.05, 3.63) is 39.1 Å². The van der Waals surface area contributed by atoms with Crippen molar-refractivity contribution in [1.29, 1.82) is 0 Å². The van der Waals surface area contributed by atoms with Crippen molar-refractivity contribution in [2.75, 3.05) is 11.9 Å². The summed E-state index contributed by atoms with van der Waals surface area (Å²) in [5, 5.41) is 3.38. The van der Waals surface area contributed by atoms with E-state index in [9.17, 15) is 0 Å². The van der Waals surface area contributed by atoms with Gasteiger partial charge in [0, 0.05) is 12.1 Å². The molecule has 0 unspecified atom stereocenters. The molecule has 2 rings (SSSR count). The second kappa shape index (κ2) is 7.02. The van der Waals surface area contributed by atoms with E-state index < -0.39 is 0 Å². The largest absolute Gasteiger partial charge is 0.369 e. The number of benzene rings is 1. The molecule has 1 aromatic heterocycles. The van der Waals surface area contributed by atoms with Crippen LogP contribution >= 0.6 is 22.6 Å². The van der Waals surface area contributed by atoms with Crippen LogP contribution in [0.25, 0.3) is 11.4 Å². The van der Waals surface area contributed by atoms with Gasteiger partial charge in [0.25, 0.3) is 0 Å². The highest BCUT2D eigenvalue weighted by molar-refractivity contribution is 14.1. The first-order chi connectivity index (χ1) is 9.65. The van der Waals surface area contributed by atoms with Crippen molar-refractivity contribution < 1.29 is 0 Å². The number of aryl methyl sites for hydroxylation is 2. The number of nitrogens with zero attached hydrogens (tertiary/aromatic N) is 2. The van der Waals surface area contributed by atoms with Crippen LogP contribution in [0.15, 0.2) is 24.3 Å². The first kappa shape index (κ1) is 15.2. The summed E-state index contributed by atoms with van der Waals surface area (Å²) in [7, 11) is 0. The summed E-state index contributed by atoms with van der Waals surface area (Å²) < 4.78 is 1.10. The topological polar surface area (TPSA) is 37.8 Å². The lowest BCUT2D eigenvalue weighted by Gasteiger charge is -2.11. The Labute approximate surface area is 134 Å². The van der Waals surface area contributed by atoms with Gasteiger partial charge in [0.05, 0.1) is 9.26 Å². The molecule has 0 aliphatic heterocycles. The van der Waals surface area contributed by atoms with Gasteiger partial charge < -0.3 is 5.32 Å². The van der Waals surface area contributed by atoms with Crippen LogP contribution in [0.4, 0.5) is 5.82 Å². The van der Waals surface area contributed by atoms with E-state index in [2.05, 4.69) is 76.0 Å². The number of rotatable bonds is 5. The molecule has 2 aromatic rings. The highest BCUT2D eigenvalue weighted by Gasteiger charge is 2.10. The van der Waals surface area contributed by atoms with Crippen molar-refractivity contribution in [3.63, 3.8) is 0 Å². The highest BCUT2D eigenvalue weighted by atomic mass is 127. The summed E-state index contributed by atoms with van der Waals surface area (Å²) in [6.45, 7) is 7.27. The average Bonchev–Trinajstić information content (AvgIpc) is 2.48.